The summed E-state index contributed by atoms with van der Waals surface area (Å²) in [5.74, 6) is -0.490. The molecule has 0 radical (unpaired) electrons. The minimum absolute atomic E-state index is 0. The number of carbonyl (C=O) groups is 8. The number of nitrogens with one attached hydrogen (secondary N) is 5. The van der Waals surface area contributed by atoms with Crippen LogP contribution in [0.25, 0.3) is 0 Å². The fourth-order valence-electron chi connectivity index (χ4n) is 8.11. The molecule has 0 aromatic rings. The monoisotopic (exact) mass is 1150 g/mol. The first-order valence-corrected chi connectivity index (χ1v) is 26.3. The molecule has 26 heteroatoms. The fourth-order valence-corrected chi connectivity index (χ4v) is 8.11. The molecule has 0 aromatic carbocycles. The van der Waals surface area contributed by atoms with Crippen molar-refractivity contribution in [3.8, 4) is 0 Å². The van der Waals surface area contributed by atoms with Crippen molar-refractivity contribution in [1.29, 1.82) is 0 Å². The number of Topliss-reactive ketones (excluding diaryl/α,β-unsaturated/α-hetero) is 1. The van der Waals surface area contributed by atoms with Crippen molar-refractivity contribution in [3.05, 3.63) is 38.0 Å². The fraction of sp³-hybridized carbons (Fsp3) is 0.745. The molecule has 3 saturated heterocycles. The first-order chi connectivity index (χ1) is 35.0. The van der Waals surface area contributed by atoms with Crippen LogP contribution in [-0.2, 0) is 38.0 Å². The number of piperidine rings is 1. The van der Waals surface area contributed by atoms with E-state index in [1.807, 2.05) is 20.8 Å². The number of ketones is 1. The molecule has 6 N–H and O–H groups in total. The Morgan fingerprint density at radius 2 is 0.852 bits per heavy atom. The van der Waals surface area contributed by atoms with Gasteiger partial charge in [0.25, 0.3) is 0 Å². The average Bonchev–Trinajstić information content (AvgIpc) is 3.23. The molecule has 3 aliphatic rings. The molecule has 456 valence electrons. The minimum atomic E-state index is -1.32. The van der Waals surface area contributed by atoms with Gasteiger partial charge >= 0.3 is 74.3 Å². The summed E-state index contributed by atoms with van der Waals surface area (Å²) in [6, 6.07) is 0. The van der Waals surface area contributed by atoms with Crippen molar-refractivity contribution in [3.63, 3.8) is 0 Å². The second-order valence-electron chi connectivity index (χ2n) is 25.2. The zero-order valence-corrected chi connectivity index (χ0v) is 52.3. The van der Waals surface area contributed by atoms with Gasteiger partial charge in [0.05, 0.1) is 18.6 Å². The zero-order valence-electron chi connectivity index (χ0n) is 53.3. The van der Waals surface area contributed by atoms with E-state index in [0.717, 1.165) is 0 Å². The Hall–Kier alpha value is -4.37. The molecule has 3 fully saturated rings. The van der Waals surface area contributed by atoms with Crippen LogP contribution in [0, 0.1) is 0 Å². The summed E-state index contributed by atoms with van der Waals surface area (Å²) in [5.41, 5.74) is -7.05. The summed E-state index contributed by atoms with van der Waals surface area (Å²) in [5, 5.41) is 14.1. The predicted octanol–water partition coefficient (Wildman–Crippen LogP) is 1.04. The van der Waals surface area contributed by atoms with Crippen molar-refractivity contribution >= 4 is 65.6 Å². The standard InChI is InChI=1S/C19H32N2O5.C18H31N3O5.C18H33N3O4.Al.2Li.H2O.4H/c1-8-11-19(13-20-15(23)25-17(2,3)4)14(22)10-9-12-21(19)16(24)26-18(5,6)7;1-8-9-18(12-20-14(23)25-16(2,3)4)13(22)19-10-11-21(18)15(24)26-17(5,6)7;1-8-9-18(13-20-14(22)24-16(2,3)4)12-19-10-11-21(18)15(23)25-17(5,6)7;;;;;;;;/h8H,1,9-13H2,2-7H3,(H,20,23);8H,1,9-12H2,2-7H3,(H,19,22)(H,20,23);8,19H,1,9-13H2,2-7H3,(H,20,22);;;;1H2;;;;/q;;;;2*+1;;;;;-1/p-1/t19-;2*18-;;;;;;;;/m110......../s1. The number of amides is 7. The third kappa shape index (κ3) is 29.6. The van der Waals surface area contributed by atoms with E-state index in [0.29, 0.717) is 52.0 Å². The van der Waals surface area contributed by atoms with Gasteiger partial charge in [-0.2, -0.15) is 0 Å². The van der Waals surface area contributed by atoms with E-state index in [2.05, 4.69) is 46.3 Å². The van der Waals surface area contributed by atoms with Crippen LogP contribution < -0.4 is 64.3 Å². The van der Waals surface area contributed by atoms with E-state index in [4.69, 9.17) is 28.4 Å². The van der Waals surface area contributed by atoms with Crippen molar-refractivity contribution in [2.75, 3.05) is 58.9 Å². The van der Waals surface area contributed by atoms with Gasteiger partial charge in [-0.15, -0.1) is 19.7 Å². The van der Waals surface area contributed by atoms with Gasteiger partial charge < -0.3 is 61.9 Å². The van der Waals surface area contributed by atoms with E-state index in [-0.39, 0.29) is 119 Å². The Labute approximate surface area is 519 Å². The number of nitrogens with zero attached hydrogens (tertiary/aromatic N) is 3. The van der Waals surface area contributed by atoms with Crippen LogP contribution in [0.4, 0.5) is 28.8 Å². The Balaban J connectivity index is -0.000000351. The molecule has 7 amide bonds. The van der Waals surface area contributed by atoms with Crippen molar-refractivity contribution < 1.29 is 111 Å². The molecule has 3 rings (SSSR count). The molecule has 0 saturated carbocycles. The molecular formula is C55H101AlLi2N8O15. The van der Waals surface area contributed by atoms with Crippen LogP contribution in [0.1, 0.15) is 158 Å². The van der Waals surface area contributed by atoms with Crippen LogP contribution in [0.2, 0.25) is 0 Å². The maximum atomic E-state index is 12.8. The summed E-state index contributed by atoms with van der Waals surface area (Å²) in [7, 11) is 0. The maximum absolute atomic E-state index is 12.8. The summed E-state index contributed by atoms with van der Waals surface area (Å²) in [6.07, 6.45) is 3.30. The van der Waals surface area contributed by atoms with Crippen LogP contribution in [0.5, 0.6) is 0 Å². The quantitative estimate of drug-likeness (QED) is 0.104. The molecule has 0 bridgehead atoms. The molecule has 0 unspecified atom stereocenters. The molecule has 0 aromatic heterocycles. The van der Waals surface area contributed by atoms with E-state index in [1.54, 1.807) is 127 Å². The van der Waals surface area contributed by atoms with Crippen molar-refractivity contribution in [2.45, 2.75) is 207 Å². The Morgan fingerprint density at radius 3 is 1.23 bits per heavy atom. The van der Waals surface area contributed by atoms with Gasteiger partial charge in [-0.3, -0.25) is 24.3 Å². The van der Waals surface area contributed by atoms with Gasteiger partial charge in [-0.25, -0.2) is 28.8 Å². The number of alkyl carbamates (subject to hydrolysis) is 3. The number of carbonyl (C=O) groups excluding carboxylic acids is 8. The van der Waals surface area contributed by atoms with Gasteiger partial charge in [0.2, 0.25) is 5.91 Å². The Kier molecular flexibility index (Phi) is 35.3. The summed E-state index contributed by atoms with van der Waals surface area (Å²) in [6.45, 7) is 45.9. The Bertz CT molecular complexity index is 2010. The van der Waals surface area contributed by atoms with E-state index in [1.165, 1.54) is 9.80 Å². The van der Waals surface area contributed by atoms with Gasteiger partial charge in [0.15, 0.2) is 23.1 Å². The largest absolute Gasteiger partial charge is 1.00 e. The molecular weight excluding hydrogens is 1050 g/mol. The van der Waals surface area contributed by atoms with E-state index in [9.17, 15) is 38.4 Å². The Morgan fingerprint density at radius 1 is 0.519 bits per heavy atom. The SMILES string of the molecule is C=CC[C@@]1(CNC(=O)OC(C)(C)C)C(=O)CCCN1C(=O)OC(C)(C)C.C=CC[C@@]1(CNC(=O)OC(C)(C)C)C(=O)NCCN1C(=O)OC(C)(C)C.C=CC[C@@]1(CNC(=O)OC(C)(C)C)CNCCN1C(=O)OC(C)(C)C.[AlH3].[H-].[Li+].[Li+].[OH-]. The predicted molar refractivity (Wildman–Crippen MR) is 307 cm³/mol. The molecule has 3 atom stereocenters. The number of rotatable bonds is 12. The first-order valence-electron chi connectivity index (χ1n) is 26.3. The van der Waals surface area contributed by atoms with Crippen LogP contribution in [0.15, 0.2) is 38.0 Å². The van der Waals surface area contributed by atoms with Crippen LogP contribution in [0.3, 0.4) is 0 Å². The summed E-state index contributed by atoms with van der Waals surface area (Å²) < 4.78 is 32.2. The van der Waals surface area contributed by atoms with Crippen molar-refractivity contribution in [2.24, 2.45) is 0 Å². The van der Waals surface area contributed by atoms with Gasteiger partial charge in [-0.1, -0.05) is 18.2 Å². The molecule has 81 heavy (non-hydrogen) atoms. The van der Waals surface area contributed by atoms with Gasteiger partial charge in [-0.05, 0) is 150 Å². The third-order valence-electron chi connectivity index (χ3n) is 11.1. The molecule has 0 spiro atoms. The number of piperazine rings is 2. The number of hydrogen-bond donors (Lipinski definition) is 5. The number of likely N-dealkylation sites (tertiary alicyclic amines) is 1. The van der Waals surface area contributed by atoms with E-state index < -0.39 is 80.7 Å². The topological polar surface area (TPSA) is 292 Å². The van der Waals surface area contributed by atoms with Gasteiger partial charge in [0, 0.05) is 52.2 Å². The summed E-state index contributed by atoms with van der Waals surface area (Å²) >= 11 is 0. The van der Waals surface area contributed by atoms with Crippen LogP contribution >= 0.6 is 0 Å². The minimum Gasteiger partial charge on any atom is -1.00 e. The first kappa shape index (κ1) is 83.1. The molecule has 3 heterocycles. The normalized spacial score (nSPS) is 20.1. The molecule has 3 aliphatic heterocycles. The number of hydrogen-bond acceptors (Lipinski definition) is 16. The smallest absolute Gasteiger partial charge is 1.00 e. The van der Waals surface area contributed by atoms with E-state index >= 15 is 0 Å². The second kappa shape index (κ2) is 34.4. The average molecular weight is 1160 g/mol. The number of ether oxygens (including phenoxy) is 6. The van der Waals surface area contributed by atoms with Gasteiger partial charge in [0.1, 0.15) is 44.7 Å². The third-order valence-corrected chi connectivity index (χ3v) is 11.1. The van der Waals surface area contributed by atoms with Crippen LogP contribution in [-0.4, -0.2) is 195 Å². The van der Waals surface area contributed by atoms with Crippen molar-refractivity contribution in [1.82, 2.24) is 41.3 Å². The second-order valence-corrected chi connectivity index (χ2v) is 25.2. The molecule has 0 aliphatic carbocycles. The zero-order chi connectivity index (χ0) is 59.6. The summed E-state index contributed by atoms with van der Waals surface area (Å²) in [4.78, 5) is 104. The maximum Gasteiger partial charge on any atom is 1.00 e. The molecule has 23 nitrogen and oxygen atoms in total.